The van der Waals surface area contributed by atoms with E-state index in [1.165, 1.54) is 0 Å². The Bertz CT molecular complexity index is 1150. The number of benzene rings is 1. The first kappa shape index (κ1) is 31.4. The molecule has 1 spiro atoms. The molecule has 0 saturated carbocycles. The van der Waals surface area contributed by atoms with E-state index in [2.05, 4.69) is 29.1 Å². The molecule has 41 heavy (non-hydrogen) atoms. The highest BCUT2D eigenvalue weighted by Crippen LogP contribution is 2.61. The van der Waals surface area contributed by atoms with Crippen molar-refractivity contribution in [2.24, 2.45) is 11.8 Å². The van der Waals surface area contributed by atoms with E-state index in [-0.39, 0.29) is 35.7 Å². The summed E-state index contributed by atoms with van der Waals surface area (Å²) in [5.74, 6) is -2.30. The number of aliphatic hydroxyl groups is 1. The van der Waals surface area contributed by atoms with Gasteiger partial charge in [-0.15, -0.1) is 13.2 Å². The molecule has 3 aliphatic rings. The van der Waals surface area contributed by atoms with Crippen molar-refractivity contribution < 1.29 is 24.2 Å². The van der Waals surface area contributed by atoms with Crippen LogP contribution in [-0.4, -0.2) is 97.9 Å². The first-order valence-corrected chi connectivity index (χ1v) is 15.5. The SMILES string of the molecule is C=CCN(CCC)C(=O)[C@H]1[C@@H]2OC3(CC2Br)C(C(=O)N(CC=C)C(C)(C)C)N([C@@H](CO)Cc2ccccc2)C(=O)[C@H]13. The van der Waals surface area contributed by atoms with Crippen molar-refractivity contribution in [3.63, 3.8) is 0 Å². The van der Waals surface area contributed by atoms with Crippen LogP contribution in [0.5, 0.6) is 0 Å². The van der Waals surface area contributed by atoms with E-state index in [1.807, 2.05) is 58.0 Å². The van der Waals surface area contributed by atoms with Crippen molar-refractivity contribution >= 4 is 33.7 Å². The number of halogens is 1. The second-order valence-corrected chi connectivity index (χ2v) is 13.6. The highest BCUT2D eigenvalue weighted by atomic mass is 79.9. The second kappa shape index (κ2) is 12.4. The lowest BCUT2D eigenvalue weighted by Gasteiger charge is -2.43. The number of alkyl halides is 1. The zero-order valence-corrected chi connectivity index (χ0v) is 26.3. The molecule has 1 aromatic rings. The topological polar surface area (TPSA) is 90.4 Å². The second-order valence-electron chi connectivity index (χ2n) is 12.4. The van der Waals surface area contributed by atoms with Crippen molar-refractivity contribution in [3.8, 4) is 0 Å². The van der Waals surface area contributed by atoms with Gasteiger partial charge in [0.15, 0.2) is 0 Å². The lowest BCUT2D eigenvalue weighted by Crippen LogP contribution is -2.62. The Morgan fingerprint density at radius 3 is 2.41 bits per heavy atom. The van der Waals surface area contributed by atoms with Crippen LogP contribution in [0, 0.1) is 11.8 Å². The summed E-state index contributed by atoms with van der Waals surface area (Å²) in [4.78, 5) is 48.2. The average Bonchev–Trinajstić information content (AvgIpc) is 3.52. The highest BCUT2D eigenvalue weighted by Gasteiger charge is 2.77. The third-order valence-electron chi connectivity index (χ3n) is 8.71. The molecule has 3 fully saturated rings. The van der Waals surface area contributed by atoms with Crippen LogP contribution in [0.1, 0.15) is 46.1 Å². The number of carbonyl (C=O) groups is 3. The molecule has 7 atom stereocenters. The van der Waals surface area contributed by atoms with Gasteiger partial charge >= 0.3 is 0 Å². The Balaban J connectivity index is 1.85. The number of ether oxygens (including phenoxy) is 1. The molecule has 224 valence electrons. The molecule has 3 amide bonds. The zero-order valence-electron chi connectivity index (χ0n) is 24.7. The maximum absolute atomic E-state index is 14.7. The van der Waals surface area contributed by atoms with E-state index in [9.17, 15) is 19.5 Å². The van der Waals surface area contributed by atoms with Crippen LogP contribution < -0.4 is 0 Å². The summed E-state index contributed by atoms with van der Waals surface area (Å²) in [5, 5.41) is 10.7. The van der Waals surface area contributed by atoms with Crippen molar-refractivity contribution in [1.29, 1.82) is 0 Å². The fourth-order valence-corrected chi connectivity index (χ4v) is 8.00. The minimum absolute atomic E-state index is 0.156. The van der Waals surface area contributed by atoms with E-state index in [1.54, 1.807) is 26.9 Å². The van der Waals surface area contributed by atoms with Crippen LogP contribution in [-0.2, 0) is 25.5 Å². The standard InChI is InChI=1S/C32H44BrN3O5/c1-7-15-34(16-8-2)28(38)24-25-29(39)36(22(20-37)18-21-13-11-10-12-14-21)27(32(25)19-23(33)26(24)41-32)30(40)35(17-9-3)31(4,5)6/h7,9-14,22-27,37H,1,3,8,15-20H2,2,4-6H3/t22-,23?,24-,25+,26-,27?,32?/m1/s1. The highest BCUT2D eigenvalue weighted by molar-refractivity contribution is 9.09. The third-order valence-corrected chi connectivity index (χ3v) is 9.55. The monoisotopic (exact) mass is 629 g/mol. The lowest BCUT2D eigenvalue weighted by atomic mass is 9.70. The molecule has 8 nitrogen and oxygen atoms in total. The van der Waals surface area contributed by atoms with Gasteiger partial charge in [-0.3, -0.25) is 14.4 Å². The molecule has 3 saturated heterocycles. The summed E-state index contributed by atoms with van der Waals surface area (Å²) in [7, 11) is 0. The smallest absolute Gasteiger partial charge is 0.249 e. The molecule has 3 aliphatic heterocycles. The Morgan fingerprint density at radius 1 is 1.20 bits per heavy atom. The predicted molar refractivity (Wildman–Crippen MR) is 162 cm³/mol. The summed E-state index contributed by atoms with van der Waals surface area (Å²) in [6.07, 6.45) is 4.37. The van der Waals surface area contributed by atoms with Gasteiger partial charge in [-0.2, -0.15) is 0 Å². The Kier molecular flexibility index (Phi) is 9.51. The number of hydrogen-bond donors (Lipinski definition) is 1. The minimum Gasteiger partial charge on any atom is -0.394 e. The van der Waals surface area contributed by atoms with Crippen LogP contribution >= 0.6 is 15.9 Å². The normalized spacial score (nSPS) is 29.3. The number of fused-ring (bicyclic) bond motifs is 1. The summed E-state index contributed by atoms with van der Waals surface area (Å²) >= 11 is 3.76. The molecule has 0 aliphatic carbocycles. The summed E-state index contributed by atoms with van der Waals surface area (Å²) in [6, 6.07) is 7.95. The van der Waals surface area contributed by atoms with E-state index >= 15 is 0 Å². The molecule has 1 aromatic carbocycles. The maximum atomic E-state index is 14.7. The zero-order chi connectivity index (χ0) is 30.1. The Morgan fingerprint density at radius 2 is 1.85 bits per heavy atom. The van der Waals surface area contributed by atoms with Crippen LogP contribution in [0.4, 0.5) is 0 Å². The van der Waals surface area contributed by atoms with Gasteiger partial charge in [0.1, 0.15) is 11.6 Å². The van der Waals surface area contributed by atoms with Crippen molar-refractivity contribution in [3.05, 3.63) is 61.2 Å². The van der Waals surface area contributed by atoms with Crippen molar-refractivity contribution in [2.75, 3.05) is 26.2 Å². The number of amides is 3. The molecular weight excluding hydrogens is 586 g/mol. The predicted octanol–water partition coefficient (Wildman–Crippen LogP) is 3.58. The molecule has 3 heterocycles. The lowest BCUT2D eigenvalue weighted by molar-refractivity contribution is -0.154. The van der Waals surface area contributed by atoms with Crippen LogP contribution in [0.15, 0.2) is 55.6 Å². The van der Waals surface area contributed by atoms with E-state index in [0.29, 0.717) is 25.9 Å². The van der Waals surface area contributed by atoms with Gasteiger partial charge in [0.05, 0.1) is 30.6 Å². The van der Waals surface area contributed by atoms with Gasteiger partial charge in [-0.05, 0) is 45.6 Å². The van der Waals surface area contributed by atoms with Crippen molar-refractivity contribution in [2.45, 2.75) is 81.1 Å². The molecule has 1 N–H and O–H groups in total. The molecule has 9 heteroatoms. The molecular formula is C32H44BrN3O5. The first-order valence-electron chi connectivity index (χ1n) is 14.6. The van der Waals surface area contributed by atoms with Gasteiger partial charge in [-0.25, -0.2) is 0 Å². The summed E-state index contributed by atoms with van der Waals surface area (Å²) in [5.41, 5.74) is -0.825. The number of likely N-dealkylation sites (tertiary alicyclic amines) is 1. The van der Waals surface area contributed by atoms with E-state index < -0.39 is 41.2 Å². The molecule has 0 aromatic heterocycles. The number of hydrogen-bond acceptors (Lipinski definition) is 5. The van der Waals surface area contributed by atoms with E-state index in [4.69, 9.17) is 4.74 Å². The average molecular weight is 631 g/mol. The van der Waals surface area contributed by atoms with Gasteiger partial charge < -0.3 is 24.5 Å². The largest absolute Gasteiger partial charge is 0.394 e. The van der Waals surface area contributed by atoms with Crippen LogP contribution in [0.25, 0.3) is 0 Å². The third kappa shape index (κ3) is 5.53. The molecule has 0 radical (unpaired) electrons. The Labute approximate surface area is 252 Å². The fourth-order valence-electron chi connectivity index (χ4n) is 7.06. The summed E-state index contributed by atoms with van der Waals surface area (Å²) < 4.78 is 6.72. The summed E-state index contributed by atoms with van der Waals surface area (Å²) in [6.45, 7) is 16.4. The quantitative estimate of drug-likeness (QED) is 0.282. The van der Waals surface area contributed by atoms with Gasteiger partial charge in [-0.1, -0.05) is 65.3 Å². The number of aliphatic hydroxyl groups excluding tert-OH is 1. The van der Waals surface area contributed by atoms with Gasteiger partial charge in [0, 0.05) is 30.0 Å². The van der Waals surface area contributed by atoms with Gasteiger partial charge in [0.25, 0.3) is 0 Å². The first-order chi connectivity index (χ1) is 19.5. The van der Waals surface area contributed by atoms with Gasteiger partial charge in [0.2, 0.25) is 17.7 Å². The molecule has 4 rings (SSSR count). The number of rotatable bonds is 12. The van der Waals surface area contributed by atoms with Crippen LogP contribution in [0.2, 0.25) is 0 Å². The van der Waals surface area contributed by atoms with Crippen molar-refractivity contribution in [1.82, 2.24) is 14.7 Å². The van der Waals surface area contributed by atoms with Crippen LogP contribution in [0.3, 0.4) is 0 Å². The maximum Gasteiger partial charge on any atom is 0.249 e. The molecule has 3 unspecified atom stereocenters. The molecule has 2 bridgehead atoms. The number of carbonyl (C=O) groups excluding carboxylic acids is 3. The number of nitrogens with zero attached hydrogens (tertiary/aromatic N) is 3. The minimum atomic E-state index is -1.20. The Hall–Kier alpha value is -2.49. The fraction of sp³-hybridized carbons (Fsp3) is 0.594. The van der Waals surface area contributed by atoms with E-state index in [0.717, 1.165) is 12.0 Å².